The van der Waals surface area contributed by atoms with Crippen LogP contribution in [0, 0.1) is 0 Å². The molecule has 0 unspecified atom stereocenters. The number of esters is 1. The monoisotopic (exact) mass is 896 g/mol. The zero-order chi connectivity index (χ0) is 45.6. The van der Waals surface area contributed by atoms with E-state index in [0.717, 1.165) is 6.08 Å². The maximum Gasteiger partial charge on any atom is 0.460 e. The summed E-state index contributed by atoms with van der Waals surface area (Å²) in [7, 11) is -2.66. The van der Waals surface area contributed by atoms with Crippen molar-refractivity contribution >= 4 is 14.3 Å². The molecule has 0 radical (unpaired) electrons. The lowest BCUT2D eigenvalue weighted by atomic mass is 9.88. The third-order valence-electron chi connectivity index (χ3n) is 9.03. The van der Waals surface area contributed by atoms with E-state index in [-0.39, 0.29) is 12.4 Å². The van der Waals surface area contributed by atoms with Crippen molar-refractivity contribution in [2.45, 2.75) is 118 Å². The lowest BCUT2D eigenvalue weighted by Gasteiger charge is -2.44. The first kappa shape index (κ1) is 52.9. The fraction of sp³-hybridized carbons (Fsp3) is 0.676. The molecule has 336 valence electrons. The first-order valence-electron chi connectivity index (χ1n) is 16.9. The molecule has 0 aliphatic rings. The molecule has 0 saturated carbocycles. The van der Waals surface area contributed by atoms with Gasteiger partial charge in [-0.2, -0.15) is 74.6 Å². The summed E-state index contributed by atoms with van der Waals surface area (Å²) in [5, 5.41) is 10.7. The van der Waals surface area contributed by atoms with Crippen LogP contribution in [0.25, 0.3) is 0 Å². The summed E-state index contributed by atoms with van der Waals surface area (Å²) in [6.07, 6.45) is -7.16. The lowest BCUT2D eigenvalue weighted by molar-refractivity contribution is -0.461. The van der Waals surface area contributed by atoms with Crippen LogP contribution in [0.4, 0.5) is 74.6 Å². The molecule has 1 aromatic carbocycles. The SMILES string of the molecule is CCOC(=O)/C=C/C=C/[C@@H](OC)[C@H](O)c1ccc(OCCO[Si](CCC(F)(F)C(F)(F)C(F)(F)C(F)(F)C(F)(F)C(F)(F)C(F)(F)C(F)(F)F)(C(C)C)C(C)C)cc1. The van der Waals surface area contributed by atoms with Gasteiger partial charge in [0.05, 0.1) is 13.2 Å². The van der Waals surface area contributed by atoms with E-state index in [0.29, 0.717) is 5.56 Å². The second-order valence-electron chi connectivity index (χ2n) is 13.3. The molecular weight excluding hydrogens is 855 g/mol. The van der Waals surface area contributed by atoms with Crippen molar-refractivity contribution in [3.63, 3.8) is 0 Å². The van der Waals surface area contributed by atoms with Crippen LogP contribution in [0.1, 0.15) is 52.7 Å². The molecule has 6 nitrogen and oxygen atoms in total. The molecule has 1 rings (SSSR count). The number of benzene rings is 1. The van der Waals surface area contributed by atoms with E-state index in [4.69, 9.17) is 18.6 Å². The summed E-state index contributed by atoms with van der Waals surface area (Å²) in [5.41, 5.74) is -1.41. The molecule has 0 aromatic heterocycles. The molecule has 0 aliphatic carbocycles. The van der Waals surface area contributed by atoms with Crippen LogP contribution in [0.3, 0.4) is 0 Å². The number of alkyl halides is 17. The minimum absolute atomic E-state index is 0.132. The van der Waals surface area contributed by atoms with Gasteiger partial charge in [0.15, 0.2) is 8.32 Å². The minimum atomic E-state index is -8.69. The number of halogens is 17. The van der Waals surface area contributed by atoms with Crippen molar-refractivity contribution in [1.29, 1.82) is 0 Å². The number of hydrogen-bond acceptors (Lipinski definition) is 6. The number of ether oxygens (including phenoxy) is 3. The second kappa shape index (κ2) is 19.1. The molecule has 24 heteroatoms. The molecule has 0 aliphatic heterocycles. The van der Waals surface area contributed by atoms with Crippen molar-refractivity contribution in [2.24, 2.45) is 0 Å². The molecule has 1 N–H and O–H groups in total. The highest BCUT2D eigenvalue weighted by Gasteiger charge is 2.95. The van der Waals surface area contributed by atoms with Gasteiger partial charge in [0.25, 0.3) is 0 Å². The maximum absolute atomic E-state index is 14.9. The molecule has 0 bridgehead atoms. The second-order valence-corrected chi connectivity index (χ2v) is 18.3. The average molecular weight is 897 g/mol. The Balaban J connectivity index is 3.19. The molecule has 2 atom stereocenters. The number of methoxy groups -OCH3 is 1. The van der Waals surface area contributed by atoms with Crippen LogP contribution < -0.4 is 4.74 Å². The molecule has 0 saturated heterocycles. The van der Waals surface area contributed by atoms with Gasteiger partial charge in [-0.25, -0.2) is 4.79 Å². The molecular formula is C34H41F17O6Si. The lowest BCUT2D eigenvalue weighted by Crippen LogP contribution is -2.74. The van der Waals surface area contributed by atoms with E-state index in [1.54, 1.807) is 6.92 Å². The largest absolute Gasteiger partial charge is 0.491 e. The Morgan fingerprint density at radius 1 is 0.707 bits per heavy atom. The fourth-order valence-corrected chi connectivity index (χ4v) is 9.98. The predicted molar refractivity (Wildman–Crippen MR) is 175 cm³/mol. The maximum atomic E-state index is 14.9. The van der Waals surface area contributed by atoms with Crippen molar-refractivity contribution < 1.29 is 103 Å². The third-order valence-corrected chi connectivity index (χ3v) is 14.7. The summed E-state index contributed by atoms with van der Waals surface area (Å²) >= 11 is 0. The van der Waals surface area contributed by atoms with Gasteiger partial charge in [0.1, 0.15) is 24.6 Å². The van der Waals surface area contributed by atoms with Gasteiger partial charge in [-0.15, -0.1) is 0 Å². The summed E-state index contributed by atoms with van der Waals surface area (Å²) in [5.74, 6) is -57.2. The minimum Gasteiger partial charge on any atom is -0.491 e. The van der Waals surface area contributed by atoms with Gasteiger partial charge in [0, 0.05) is 19.6 Å². The summed E-state index contributed by atoms with van der Waals surface area (Å²) in [6.45, 7) is 6.15. The van der Waals surface area contributed by atoms with E-state index in [1.807, 2.05) is 0 Å². The van der Waals surface area contributed by atoms with E-state index < -0.39 is 111 Å². The Morgan fingerprint density at radius 3 is 1.60 bits per heavy atom. The number of rotatable bonds is 23. The van der Waals surface area contributed by atoms with Crippen molar-refractivity contribution in [2.75, 3.05) is 26.9 Å². The van der Waals surface area contributed by atoms with E-state index in [9.17, 15) is 84.5 Å². The van der Waals surface area contributed by atoms with Crippen molar-refractivity contribution in [3.05, 3.63) is 54.1 Å². The van der Waals surface area contributed by atoms with Crippen LogP contribution in [-0.2, 0) is 18.7 Å². The number of carbonyl (C=O) groups excluding carboxylic acids is 1. The smallest absolute Gasteiger partial charge is 0.460 e. The first-order valence-corrected chi connectivity index (χ1v) is 19.2. The summed E-state index contributed by atoms with van der Waals surface area (Å²) < 4.78 is 255. The number of aliphatic hydroxyl groups excluding tert-OH is 1. The van der Waals surface area contributed by atoms with Gasteiger partial charge < -0.3 is 23.7 Å². The standard InChI is InChI=1S/C34H41F17O6Si/c1-7-55-25(52)11-9-8-10-24(54-6)26(53)22-12-14-23(15-13-22)56-17-18-57-58(20(2)3,21(4)5)19-16-27(35,36)28(37,38)29(39,40)30(41,42)31(43,44)32(45,46)33(47,48)34(49,50)51/h8-15,20-21,24,26,53H,7,16-19H2,1-6H3/b10-8+,11-9+/t24-,26-/m1/s1. The number of aliphatic hydroxyl groups is 1. The normalized spacial score (nSPS) is 15.8. The summed E-state index contributed by atoms with van der Waals surface area (Å²) in [6, 6.07) is 4.25. The summed E-state index contributed by atoms with van der Waals surface area (Å²) in [4.78, 5) is 11.4. The van der Waals surface area contributed by atoms with Crippen LogP contribution in [0.2, 0.25) is 17.1 Å². The highest BCUT2D eigenvalue weighted by molar-refractivity contribution is 6.76. The van der Waals surface area contributed by atoms with Crippen LogP contribution in [0.5, 0.6) is 5.75 Å². The number of carbonyl (C=O) groups is 1. The Labute approximate surface area is 322 Å². The van der Waals surface area contributed by atoms with Crippen LogP contribution in [-0.4, -0.2) is 100 Å². The molecule has 1 aromatic rings. The van der Waals surface area contributed by atoms with Crippen LogP contribution in [0.15, 0.2) is 48.6 Å². The highest BCUT2D eigenvalue weighted by atomic mass is 28.4. The van der Waals surface area contributed by atoms with E-state index in [2.05, 4.69) is 0 Å². The van der Waals surface area contributed by atoms with Gasteiger partial charge in [-0.05, 0) is 41.7 Å². The topological polar surface area (TPSA) is 74.2 Å². The Hall–Kier alpha value is -3.12. The first-order chi connectivity index (χ1) is 26.1. The average Bonchev–Trinajstić information content (AvgIpc) is 3.10. The van der Waals surface area contributed by atoms with Crippen molar-refractivity contribution in [1.82, 2.24) is 0 Å². The zero-order valence-electron chi connectivity index (χ0n) is 31.4. The zero-order valence-corrected chi connectivity index (χ0v) is 32.4. The molecule has 0 amide bonds. The Bertz CT molecular complexity index is 1520. The van der Waals surface area contributed by atoms with Crippen molar-refractivity contribution in [3.8, 4) is 5.75 Å². The Morgan fingerprint density at radius 2 is 1.17 bits per heavy atom. The van der Waals surface area contributed by atoms with Crippen LogP contribution >= 0.6 is 0 Å². The molecule has 58 heavy (non-hydrogen) atoms. The third kappa shape index (κ3) is 10.4. The quantitative estimate of drug-likeness (QED) is 0.0295. The molecule has 0 fully saturated rings. The van der Waals surface area contributed by atoms with E-state index >= 15 is 0 Å². The van der Waals surface area contributed by atoms with Gasteiger partial charge >= 0.3 is 53.6 Å². The van der Waals surface area contributed by atoms with Gasteiger partial charge in [0.2, 0.25) is 0 Å². The Kier molecular flexibility index (Phi) is 17.4. The van der Waals surface area contributed by atoms with Gasteiger partial charge in [-0.3, -0.25) is 0 Å². The molecule has 0 heterocycles. The van der Waals surface area contributed by atoms with E-state index in [1.165, 1.54) is 77.3 Å². The number of hydrogen-bond donors (Lipinski definition) is 1. The molecule has 0 spiro atoms. The predicted octanol–water partition coefficient (Wildman–Crippen LogP) is 11.0. The van der Waals surface area contributed by atoms with Gasteiger partial charge in [-0.1, -0.05) is 58.1 Å². The number of allylic oxidation sites excluding steroid dienone is 2. The highest BCUT2D eigenvalue weighted by Crippen LogP contribution is 2.64. The fourth-order valence-electron chi connectivity index (χ4n) is 5.51.